The van der Waals surface area contributed by atoms with E-state index in [4.69, 9.17) is 0 Å². The molecule has 1 unspecified atom stereocenters. The maximum Gasteiger partial charge on any atom is 0.136 e. The highest BCUT2D eigenvalue weighted by Gasteiger charge is 2.22. The van der Waals surface area contributed by atoms with Crippen molar-refractivity contribution in [2.24, 2.45) is 5.92 Å². The molecule has 1 atom stereocenters. The van der Waals surface area contributed by atoms with Gasteiger partial charge in [-0.15, -0.1) is 0 Å². The second-order valence-corrected chi connectivity index (χ2v) is 4.03. The van der Waals surface area contributed by atoms with Crippen molar-refractivity contribution >= 4 is 5.78 Å². The quantitative estimate of drug-likeness (QED) is 0.697. The van der Waals surface area contributed by atoms with Crippen LogP contribution in [0.2, 0.25) is 0 Å². The molecule has 0 amide bonds. The lowest BCUT2D eigenvalue weighted by atomic mass is 9.81. The fraction of sp³-hybridized carbons (Fsp3) is 0.462. The lowest BCUT2D eigenvalue weighted by Gasteiger charge is -2.22. The molecule has 1 aliphatic rings. The molecule has 0 spiro atoms. The van der Waals surface area contributed by atoms with Gasteiger partial charge in [0.2, 0.25) is 0 Å². The van der Waals surface area contributed by atoms with Crippen LogP contribution in [0.5, 0.6) is 0 Å². The molecule has 14 heavy (non-hydrogen) atoms. The molecule has 0 aromatic heterocycles. The van der Waals surface area contributed by atoms with Crippen molar-refractivity contribution in [3.05, 3.63) is 35.4 Å². The van der Waals surface area contributed by atoms with Gasteiger partial charge >= 0.3 is 0 Å². The van der Waals surface area contributed by atoms with E-state index in [-0.39, 0.29) is 5.92 Å². The van der Waals surface area contributed by atoms with Crippen molar-refractivity contribution in [2.45, 2.75) is 32.6 Å². The third-order valence-electron chi connectivity index (χ3n) is 3.15. The van der Waals surface area contributed by atoms with E-state index < -0.39 is 0 Å². The van der Waals surface area contributed by atoms with Crippen LogP contribution in [0.1, 0.15) is 30.9 Å². The number of Topliss-reactive ketones (excluding diaryl/α,β-unsaturated/α-hetero) is 1. The summed E-state index contributed by atoms with van der Waals surface area (Å²) >= 11 is 0. The number of benzene rings is 1. The number of hydrogen-bond donors (Lipinski definition) is 0. The number of rotatable bonds is 2. The van der Waals surface area contributed by atoms with E-state index in [1.165, 1.54) is 11.1 Å². The van der Waals surface area contributed by atoms with Gasteiger partial charge in [-0.25, -0.2) is 0 Å². The highest BCUT2D eigenvalue weighted by atomic mass is 16.1. The molecule has 0 radical (unpaired) electrons. The second kappa shape index (κ2) is 3.95. The number of carbonyl (C=O) groups is 1. The van der Waals surface area contributed by atoms with Crippen molar-refractivity contribution in [1.29, 1.82) is 0 Å². The summed E-state index contributed by atoms with van der Waals surface area (Å²) in [4.78, 5) is 11.6. The van der Waals surface area contributed by atoms with Gasteiger partial charge in [0.15, 0.2) is 0 Å². The fourth-order valence-electron chi connectivity index (χ4n) is 2.26. The molecule has 1 aliphatic carbocycles. The number of ketones is 1. The highest BCUT2D eigenvalue weighted by Crippen LogP contribution is 2.26. The molecule has 0 fully saturated rings. The molecule has 1 heteroatoms. The number of fused-ring (bicyclic) bond motifs is 1. The van der Waals surface area contributed by atoms with Gasteiger partial charge in [-0.2, -0.15) is 0 Å². The smallest absolute Gasteiger partial charge is 0.136 e. The lowest BCUT2D eigenvalue weighted by molar-refractivity contribution is -0.122. The van der Waals surface area contributed by atoms with E-state index in [1.807, 2.05) is 6.92 Å². The maximum absolute atomic E-state index is 11.6. The first-order valence-electron chi connectivity index (χ1n) is 5.40. The van der Waals surface area contributed by atoms with E-state index in [0.717, 1.165) is 19.3 Å². The minimum Gasteiger partial charge on any atom is -0.299 e. The first-order valence-corrected chi connectivity index (χ1v) is 5.40. The zero-order chi connectivity index (χ0) is 9.97. The summed E-state index contributed by atoms with van der Waals surface area (Å²) in [7, 11) is 0. The third kappa shape index (κ3) is 1.72. The molecule has 0 N–H and O–H groups in total. The van der Waals surface area contributed by atoms with Crippen molar-refractivity contribution < 1.29 is 4.79 Å². The van der Waals surface area contributed by atoms with Gasteiger partial charge in [0.25, 0.3) is 0 Å². The second-order valence-electron chi connectivity index (χ2n) is 4.03. The summed E-state index contributed by atoms with van der Waals surface area (Å²) in [6.45, 7) is 1.96. The Hall–Kier alpha value is -1.11. The molecule has 0 aliphatic heterocycles. The van der Waals surface area contributed by atoms with Gasteiger partial charge in [-0.05, 0) is 30.4 Å². The molecule has 0 saturated carbocycles. The Kier molecular flexibility index (Phi) is 2.67. The number of carbonyl (C=O) groups excluding carboxylic acids is 1. The van der Waals surface area contributed by atoms with Crippen LogP contribution in [-0.4, -0.2) is 5.78 Å². The van der Waals surface area contributed by atoms with Crippen LogP contribution in [0.4, 0.5) is 0 Å². The molecule has 74 valence electrons. The van der Waals surface area contributed by atoms with E-state index >= 15 is 0 Å². The Bertz CT molecular complexity index is 341. The van der Waals surface area contributed by atoms with Crippen molar-refractivity contribution in [3.8, 4) is 0 Å². The van der Waals surface area contributed by atoms with Crippen LogP contribution in [0, 0.1) is 5.92 Å². The SMILES string of the molecule is CCC(=O)C1CCc2ccccc2C1. The summed E-state index contributed by atoms with van der Waals surface area (Å²) < 4.78 is 0. The van der Waals surface area contributed by atoms with E-state index in [0.29, 0.717) is 12.2 Å². The molecule has 1 aromatic carbocycles. The van der Waals surface area contributed by atoms with Crippen LogP contribution in [0.3, 0.4) is 0 Å². The highest BCUT2D eigenvalue weighted by molar-refractivity contribution is 5.81. The topological polar surface area (TPSA) is 17.1 Å². The normalized spacial score (nSPS) is 20.2. The maximum atomic E-state index is 11.6. The minimum atomic E-state index is 0.287. The summed E-state index contributed by atoms with van der Waals surface area (Å²) in [5, 5.41) is 0. The van der Waals surface area contributed by atoms with Crippen LogP contribution < -0.4 is 0 Å². The van der Waals surface area contributed by atoms with Crippen LogP contribution >= 0.6 is 0 Å². The molecular weight excluding hydrogens is 172 g/mol. The molecule has 0 saturated heterocycles. The Morgan fingerprint density at radius 1 is 1.36 bits per heavy atom. The monoisotopic (exact) mass is 188 g/mol. The van der Waals surface area contributed by atoms with Crippen molar-refractivity contribution in [3.63, 3.8) is 0 Å². The van der Waals surface area contributed by atoms with E-state index in [9.17, 15) is 4.79 Å². The number of aryl methyl sites for hydroxylation is 1. The van der Waals surface area contributed by atoms with Crippen LogP contribution in [0.25, 0.3) is 0 Å². The summed E-state index contributed by atoms with van der Waals surface area (Å²) in [5.41, 5.74) is 2.82. The van der Waals surface area contributed by atoms with Gasteiger partial charge in [-0.1, -0.05) is 31.2 Å². The minimum absolute atomic E-state index is 0.287. The summed E-state index contributed by atoms with van der Waals surface area (Å²) in [6, 6.07) is 8.49. The Balaban J connectivity index is 2.17. The first kappa shape index (κ1) is 9.45. The zero-order valence-electron chi connectivity index (χ0n) is 8.62. The largest absolute Gasteiger partial charge is 0.299 e. The number of hydrogen-bond acceptors (Lipinski definition) is 1. The zero-order valence-corrected chi connectivity index (χ0v) is 8.62. The Labute approximate surface area is 85.1 Å². The average molecular weight is 188 g/mol. The van der Waals surface area contributed by atoms with Gasteiger partial charge in [-0.3, -0.25) is 4.79 Å². The first-order chi connectivity index (χ1) is 6.81. The molecule has 2 rings (SSSR count). The predicted molar refractivity (Wildman–Crippen MR) is 57.3 cm³/mol. The molecular formula is C13H16O. The summed E-state index contributed by atoms with van der Waals surface area (Å²) in [6.07, 6.45) is 3.77. The standard InChI is InChI=1S/C13H16O/c1-2-13(14)12-8-7-10-5-3-4-6-11(10)9-12/h3-6,12H,2,7-9H2,1H3. The summed E-state index contributed by atoms with van der Waals surface area (Å²) in [5.74, 6) is 0.717. The molecule has 0 heterocycles. The lowest BCUT2D eigenvalue weighted by Crippen LogP contribution is -2.21. The van der Waals surface area contributed by atoms with Crippen molar-refractivity contribution in [1.82, 2.24) is 0 Å². The van der Waals surface area contributed by atoms with Gasteiger partial charge < -0.3 is 0 Å². The predicted octanol–water partition coefficient (Wildman–Crippen LogP) is 2.77. The van der Waals surface area contributed by atoms with E-state index in [2.05, 4.69) is 24.3 Å². The van der Waals surface area contributed by atoms with E-state index in [1.54, 1.807) is 0 Å². The Morgan fingerprint density at radius 2 is 2.07 bits per heavy atom. The fourth-order valence-corrected chi connectivity index (χ4v) is 2.26. The van der Waals surface area contributed by atoms with Crippen molar-refractivity contribution in [2.75, 3.05) is 0 Å². The average Bonchev–Trinajstić information content (AvgIpc) is 2.27. The third-order valence-corrected chi connectivity index (χ3v) is 3.15. The molecule has 1 nitrogen and oxygen atoms in total. The molecule has 0 bridgehead atoms. The molecule has 1 aromatic rings. The van der Waals surface area contributed by atoms with Crippen LogP contribution in [0.15, 0.2) is 24.3 Å². The van der Waals surface area contributed by atoms with Gasteiger partial charge in [0.05, 0.1) is 0 Å². The van der Waals surface area contributed by atoms with Crippen LogP contribution in [-0.2, 0) is 17.6 Å². The van der Waals surface area contributed by atoms with Gasteiger partial charge in [0.1, 0.15) is 5.78 Å². The Morgan fingerprint density at radius 3 is 2.79 bits per heavy atom. The van der Waals surface area contributed by atoms with Gasteiger partial charge in [0, 0.05) is 12.3 Å².